The van der Waals surface area contributed by atoms with E-state index in [9.17, 15) is 9.60 Å². The minimum Gasteiger partial charge on any atom is -0.365 e. The van der Waals surface area contributed by atoms with Crippen LogP contribution in [0.15, 0.2) is 32.3 Å². The van der Waals surface area contributed by atoms with E-state index in [1.165, 1.54) is 18.2 Å². The first-order chi connectivity index (χ1) is 12.4. The maximum absolute atomic E-state index is 13.3. The number of nitrogens with zero attached hydrogens (tertiary/aromatic N) is 3. The molecule has 1 aromatic heterocycles. The number of benzene rings is 1. The predicted octanol–water partition coefficient (Wildman–Crippen LogP) is 3.53. The second kappa shape index (κ2) is 9.05. The van der Waals surface area contributed by atoms with Crippen molar-refractivity contribution in [3.8, 4) is 0 Å². The van der Waals surface area contributed by atoms with Crippen molar-refractivity contribution in [2.75, 3.05) is 23.4 Å². The number of hydroxylamine groups is 1. The van der Waals surface area contributed by atoms with Gasteiger partial charge in [0, 0.05) is 18.1 Å². The van der Waals surface area contributed by atoms with Crippen molar-refractivity contribution in [2.24, 2.45) is 4.99 Å². The Morgan fingerprint density at radius 1 is 1.42 bits per heavy atom. The van der Waals surface area contributed by atoms with Gasteiger partial charge in [-0.25, -0.2) is 14.0 Å². The lowest BCUT2D eigenvalue weighted by Crippen LogP contribution is -2.22. The highest BCUT2D eigenvalue weighted by molar-refractivity contribution is 9.10. The second-order valence-electron chi connectivity index (χ2n) is 5.29. The Hall–Kier alpha value is -2.05. The normalized spacial score (nSPS) is 12.2. The van der Waals surface area contributed by atoms with Crippen LogP contribution in [0.5, 0.6) is 0 Å². The van der Waals surface area contributed by atoms with E-state index >= 15 is 0 Å². The average molecular weight is 448 g/mol. The Labute approximate surface area is 158 Å². The van der Waals surface area contributed by atoms with Gasteiger partial charge >= 0.3 is 0 Å². The van der Waals surface area contributed by atoms with Crippen LogP contribution >= 0.6 is 15.9 Å². The molecule has 0 spiro atoms. The van der Waals surface area contributed by atoms with E-state index in [0.717, 1.165) is 0 Å². The molecule has 0 bridgehead atoms. The van der Waals surface area contributed by atoms with E-state index in [-0.39, 0.29) is 21.8 Å². The fraction of sp³-hybridized carbons (Fsp3) is 0.357. The lowest BCUT2D eigenvalue weighted by atomic mass is 10.3. The third-order valence-electron chi connectivity index (χ3n) is 3.42. The van der Waals surface area contributed by atoms with E-state index in [2.05, 4.69) is 36.6 Å². The van der Waals surface area contributed by atoms with E-state index in [1.54, 1.807) is 0 Å². The molecule has 0 fully saturated rings. The third kappa shape index (κ3) is 5.47. The number of halogens is 2. The van der Waals surface area contributed by atoms with Gasteiger partial charge in [0.15, 0.2) is 11.5 Å². The SMILES string of the molecule is CCS(=N)(=N)CCCNc1nonc1C(=Nc1ccc(F)c(Br)c1)NO. The molecule has 0 saturated carbocycles. The number of hydrogen-bond acceptors (Lipinski definition) is 8. The monoisotopic (exact) mass is 447 g/mol. The van der Waals surface area contributed by atoms with Crippen molar-refractivity contribution < 1.29 is 14.2 Å². The number of aromatic nitrogens is 2. The molecular weight excluding hydrogens is 429 g/mol. The quantitative estimate of drug-likeness (QED) is 0.181. The molecule has 1 aromatic carbocycles. The molecule has 142 valence electrons. The maximum Gasteiger partial charge on any atom is 0.202 e. The molecule has 0 aliphatic heterocycles. The van der Waals surface area contributed by atoms with Gasteiger partial charge < -0.3 is 5.32 Å². The van der Waals surface area contributed by atoms with Crippen LogP contribution in [0.2, 0.25) is 0 Å². The lowest BCUT2D eigenvalue weighted by Gasteiger charge is -2.08. The van der Waals surface area contributed by atoms with Crippen molar-refractivity contribution >= 4 is 42.9 Å². The van der Waals surface area contributed by atoms with Gasteiger partial charge in [0.25, 0.3) is 0 Å². The largest absolute Gasteiger partial charge is 0.365 e. The van der Waals surface area contributed by atoms with Crippen LogP contribution in [0.25, 0.3) is 0 Å². The zero-order chi connectivity index (χ0) is 19.2. The standard InChI is InChI=1S/C14H19BrFN7O2S/c1-2-26(17,18)7-3-6-19-13-12(22-25-23-13)14(21-24)20-9-4-5-11(16)10(15)8-9/h4-5,8,17-18,24H,2-3,6-7H2,1H3,(H,19,23)(H,20,21). The van der Waals surface area contributed by atoms with Crippen molar-refractivity contribution in [1.29, 1.82) is 9.56 Å². The molecule has 26 heavy (non-hydrogen) atoms. The first kappa shape index (κ1) is 20.3. The number of aliphatic imine (C=N–C) groups is 1. The Morgan fingerprint density at radius 2 is 2.19 bits per heavy atom. The van der Waals surface area contributed by atoms with Crippen molar-refractivity contribution in [3.63, 3.8) is 0 Å². The van der Waals surface area contributed by atoms with Crippen molar-refractivity contribution in [2.45, 2.75) is 13.3 Å². The van der Waals surface area contributed by atoms with Crippen LogP contribution in [0.4, 0.5) is 15.9 Å². The van der Waals surface area contributed by atoms with Gasteiger partial charge in [-0.1, -0.05) is 16.5 Å². The number of amidine groups is 1. The highest BCUT2D eigenvalue weighted by Gasteiger charge is 2.16. The molecule has 2 aromatic rings. The molecule has 0 amide bonds. The second-order valence-corrected chi connectivity index (χ2v) is 8.90. The third-order valence-corrected chi connectivity index (χ3v) is 6.00. The van der Waals surface area contributed by atoms with Gasteiger partial charge in [0.2, 0.25) is 5.82 Å². The summed E-state index contributed by atoms with van der Waals surface area (Å²) in [5, 5.41) is 19.8. The van der Waals surface area contributed by atoms with Crippen LogP contribution in [0.3, 0.4) is 0 Å². The molecule has 12 heteroatoms. The summed E-state index contributed by atoms with van der Waals surface area (Å²) in [5.74, 6) is 0.824. The Kier molecular flexibility index (Phi) is 7.06. The molecule has 0 radical (unpaired) electrons. The van der Waals surface area contributed by atoms with Gasteiger partial charge in [-0.3, -0.25) is 20.2 Å². The summed E-state index contributed by atoms with van der Waals surface area (Å²) in [6, 6.07) is 4.12. The lowest BCUT2D eigenvalue weighted by molar-refractivity contribution is 0.234. The zero-order valence-electron chi connectivity index (χ0n) is 13.9. The molecule has 5 N–H and O–H groups in total. The van der Waals surface area contributed by atoms with Crippen molar-refractivity contribution in [3.05, 3.63) is 34.2 Å². The van der Waals surface area contributed by atoms with E-state index < -0.39 is 15.4 Å². The number of anilines is 1. The first-order valence-electron chi connectivity index (χ1n) is 7.65. The van der Waals surface area contributed by atoms with Gasteiger partial charge in [0.05, 0.1) is 10.2 Å². The molecule has 2 rings (SSSR count). The minimum absolute atomic E-state index is 0.0261. The predicted molar refractivity (Wildman–Crippen MR) is 101 cm³/mol. The van der Waals surface area contributed by atoms with Crippen LogP contribution in [-0.2, 0) is 9.62 Å². The fourth-order valence-electron chi connectivity index (χ4n) is 1.94. The minimum atomic E-state index is -2.05. The number of nitrogens with one attached hydrogen (secondary N) is 4. The summed E-state index contributed by atoms with van der Waals surface area (Å²) in [6.45, 7) is 2.31. The molecular formula is C14H19BrFN7O2S. The Balaban J connectivity index is 2.11. The Bertz CT molecular complexity index is 885. The molecule has 0 saturated heterocycles. The molecule has 0 atom stereocenters. The van der Waals surface area contributed by atoms with Gasteiger partial charge in [0.1, 0.15) is 5.82 Å². The summed E-state index contributed by atoms with van der Waals surface area (Å²) in [7, 11) is -2.05. The van der Waals surface area contributed by atoms with E-state index in [1.807, 2.05) is 12.4 Å². The molecule has 9 nitrogen and oxygen atoms in total. The Morgan fingerprint density at radius 3 is 2.85 bits per heavy atom. The molecule has 0 unspecified atom stereocenters. The molecule has 0 aliphatic rings. The van der Waals surface area contributed by atoms with Gasteiger partial charge in [-0.05, 0) is 50.9 Å². The van der Waals surface area contributed by atoms with Gasteiger partial charge in [-0.2, -0.15) is 0 Å². The van der Waals surface area contributed by atoms with Crippen LogP contribution < -0.4 is 10.8 Å². The summed E-state index contributed by atoms with van der Waals surface area (Å²) >= 11 is 3.07. The topological polar surface area (TPSA) is 143 Å². The highest BCUT2D eigenvalue weighted by Crippen LogP contribution is 2.23. The van der Waals surface area contributed by atoms with Crippen molar-refractivity contribution in [1.82, 2.24) is 15.8 Å². The molecule has 0 aliphatic carbocycles. The van der Waals surface area contributed by atoms with Gasteiger partial charge in [-0.15, -0.1) is 0 Å². The summed E-state index contributed by atoms with van der Waals surface area (Å²) in [5.41, 5.74) is 2.46. The first-order valence-corrected chi connectivity index (χ1v) is 10.4. The zero-order valence-corrected chi connectivity index (χ0v) is 16.3. The maximum atomic E-state index is 13.3. The van der Waals surface area contributed by atoms with Crippen LogP contribution in [-0.4, -0.2) is 39.4 Å². The van der Waals surface area contributed by atoms with E-state index in [0.29, 0.717) is 30.2 Å². The average Bonchev–Trinajstić information content (AvgIpc) is 3.08. The van der Waals surface area contributed by atoms with Crippen LogP contribution in [0, 0.1) is 15.4 Å². The highest BCUT2D eigenvalue weighted by atomic mass is 79.9. The summed E-state index contributed by atoms with van der Waals surface area (Å²) in [4.78, 5) is 4.16. The molecule has 1 heterocycles. The summed E-state index contributed by atoms with van der Waals surface area (Å²) < 4.78 is 33.9. The summed E-state index contributed by atoms with van der Waals surface area (Å²) in [6.07, 6.45) is 0.617. The number of rotatable bonds is 8. The van der Waals surface area contributed by atoms with Crippen LogP contribution in [0.1, 0.15) is 19.0 Å². The smallest absolute Gasteiger partial charge is 0.202 e. The van der Waals surface area contributed by atoms with E-state index in [4.69, 9.17) is 14.2 Å². The number of hydrogen-bond donors (Lipinski definition) is 5. The fourth-order valence-corrected chi connectivity index (χ4v) is 3.24.